The monoisotopic (exact) mass is 293 g/mol. The molecule has 0 radical (unpaired) electrons. The molecular weight excluding hydrogens is 278 g/mol. The highest BCUT2D eigenvalue weighted by Gasteiger charge is 2.14. The van der Waals surface area contributed by atoms with Crippen molar-refractivity contribution < 1.29 is 13.5 Å². The molecule has 0 aliphatic carbocycles. The van der Waals surface area contributed by atoms with Crippen molar-refractivity contribution in [3.63, 3.8) is 0 Å². The van der Waals surface area contributed by atoms with E-state index in [1.54, 1.807) is 18.2 Å². The van der Waals surface area contributed by atoms with Gasteiger partial charge in [-0.25, -0.2) is 8.42 Å². The summed E-state index contributed by atoms with van der Waals surface area (Å²) >= 11 is 0. The standard InChI is InChI=1S/C13H15N3O3S/c17-10-2-3-11-5-7-12(8-6-11)20(18,19)16-13-4-1-9-14-15-13/h1,4-9,17H,2-3,10H2,(H,15,16). The second-order valence-corrected chi connectivity index (χ2v) is 5.87. The average Bonchev–Trinajstić information content (AvgIpc) is 2.46. The molecule has 106 valence electrons. The molecule has 0 atom stereocenters. The Balaban J connectivity index is 2.13. The van der Waals surface area contributed by atoms with Gasteiger partial charge in [-0.1, -0.05) is 12.1 Å². The predicted molar refractivity (Wildman–Crippen MR) is 74.7 cm³/mol. The van der Waals surface area contributed by atoms with E-state index in [1.807, 2.05) is 0 Å². The van der Waals surface area contributed by atoms with Crippen molar-refractivity contribution in [1.29, 1.82) is 0 Å². The maximum Gasteiger partial charge on any atom is 0.263 e. The molecule has 0 spiro atoms. The zero-order chi connectivity index (χ0) is 14.4. The summed E-state index contributed by atoms with van der Waals surface area (Å²) in [7, 11) is -3.65. The molecule has 0 bridgehead atoms. The second kappa shape index (κ2) is 6.44. The largest absolute Gasteiger partial charge is 0.396 e. The highest BCUT2D eigenvalue weighted by atomic mass is 32.2. The van der Waals surface area contributed by atoms with Gasteiger partial charge in [0.25, 0.3) is 10.0 Å². The molecule has 2 rings (SSSR count). The van der Waals surface area contributed by atoms with Gasteiger partial charge >= 0.3 is 0 Å². The van der Waals surface area contributed by atoms with Crippen LogP contribution in [0.1, 0.15) is 12.0 Å². The zero-order valence-corrected chi connectivity index (χ0v) is 11.5. The van der Waals surface area contributed by atoms with Crippen molar-refractivity contribution in [2.24, 2.45) is 0 Å². The summed E-state index contributed by atoms with van der Waals surface area (Å²) in [5, 5.41) is 16.0. The molecule has 0 amide bonds. The first-order chi connectivity index (χ1) is 9.62. The Labute approximate surface area is 117 Å². The van der Waals surface area contributed by atoms with Gasteiger partial charge in [-0.15, -0.1) is 5.10 Å². The number of aliphatic hydroxyl groups is 1. The molecule has 2 N–H and O–H groups in total. The lowest BCUT2D eigenvalue weighted by Gasteiger charge is -2.07. The van der Waals surface area contributed by atoms with E-state index in [0.717, 1.165) is 5.56 Å². The Kier molecular flexibility index (Phi) is 4.65. The van der Waals surface area contributed by atoms with Crippen molar-refractivity contribution >= 4 is 15.8 Å². The van der Waals surface area contributed by atoms with Crippen LogP contribution in [-0.2, 0) is 16.4 Å². The fraction of sp³-hybridized carbons (Fsp3) is 0.231. The molecule has 1 aromatic heterocycles. The number of benzene rings is 1. The number of aliphatic hydroxyl groups excluding tert-OH is 1. The van der Waals surface area contributed by atoms with Crippen LogP contribution in [-0.4, -0.2) is 30.3 Å². The highest BCUT2D eigenvalue weighted by molar-refractivity contribution is 7.92. The van der Waals surface area contributed by atoms with Crippen molar-refractivity contribution in [3.05, 3.63) is 48.2 Å². The Morgan fingerprint density at radius 3 is 2.50 bits per heavy atom. The molecule has 6 nitrogen and oxygen atoms in total. The summed E-state index contributed by atoms with van der Waals surface area (Å²) in [5.41, 5.74) is 0.984. The Hall–Kier alpha value is -1.99. The van der Waals surface area contributed by atoms with Gasteiger partial charge in [0, 0.05) is 12.8 Å². The van der Waals surface area contributed by atoms with Crippen LogP contribution in [0.5, 0.6) is 0 Å². The Morgan fingerprint density at radius 1 is 1.15 bits per heavy atom. The second-order valence-electron chi connectivity index (χ2n) is 4.19. The lowest BCUT2D eigenvalue weighted by Crippen LogP contribution is -2.14. The van der Waals surface area contributed by atoms with Crippen LogP contribution in [0.25, 0.3) is 0 Å². The van der Waals surface area contributed by atoms with E-state index in [-0.39, 0.29) is 17.3 Å². The smallest absolute Gasteiger partial charge is 0.263 e. The summed E-state index contributed by atoms with van der Waals surface area (Å²) in [4.78, 5) is 0.163. The average molecular weight is 293 g/mol. The van der Waals surface area contributed by atoms with Gasteiger partial charge in [0.05, 0.1) is 4.90 Å². The molecule has 7 heteroatoms. The molecule has 0 saturated carbocycles. The van der Waals surface area contributed by atoms with Crippen molar-refractivity contribution in [2.75, 3.05) is 11.3 Å². The number of sulfonamides is 1. The van der Waals surface area contributed by atoms with Crippen LogP contribution in [0.4, 0.5) is 5.82 Å². The number of nitrogens with zero attached hydrogens (tertiary/aromatic N) is 2. The van der Waals surface area contributed by atoms with Gasteiger partial charge in [0.1, 0.15) is 0 Å². The number of hydrogen-bond acceptors (Lipinski definition) is 5. The van der Waals surface area contributed by atoms with Crippen molar-refractivity contribution in [3.8, 4) is 0 Å². The van der Waals surface area contributed by atoms with Gasteiger partial charge in [0.2, 0.25) is 0 Å². The third-order valence-electron chi connectivity index (χ3n) is 2.67. The SMILES string of the molecule is O=S(=O)(Nc1cccnn1)c1ccc(CCCO)cc1. The minimum atomic E-state index is -3.65. The van der Waals surface area contributed by atoms with Crippen molar-refractivity contribution in [1.82, 2.24) is 10.2 Å². The van der Waals surface area contributed by atoms with E-state index in [4.69, 9.17) is 5.11 Å². The lowest BCUT2D eigenvalue weighted by molar-refractivity contribution is 0.288. The molecule has 0 unspecified atom stereocenters. The molecule has 0 aliphatic rings. The topological polar surface area (TPSA) is 92.2 Å². The van der Waals surface area contributed by atoms with Crippen LogP contribution in [0.2, 0.25) is 0 Å². The number of nitrogens with one attached hydrogen (secondary N) is 1. The lowest BCUT2D eigenvalue weighted by atomic mass is 10.1. The van der Waals surface area contributed by atoms with E-state index >= 15 is 0 Å². The summed E-state index contributed by atoms with van der Waals surface area (Å²) in [6.45, 7) is 0.119. The van der Waals surface area contributed by atoms with E-state index in [0.29, 0.717) is 12.8 Å². The predicted octanol–water partition coefficient (Wildman–Crippen LogP) is 1.20. The first kappa shape index (κ1) is 14.4. The molecule has 20 heavy (non-hydrogen) atoms. The molecule has 0 aliphatic heterocycles. The van der Waals surface area contributed by atoms with E-state index in [1.165, 1.54) is 24.4 Å². The number of anilines is 1. The number of aromatic nitrogens is 2. The molecule has 0 saturated heterocycles. The van der Waals surface area contributed by atoms with E-state index < -0.39 is 10.0 Å². The normalized spacial score (nSPS) is 11.2. The third-order valence-corrected chi connectivity index (χ3v) is 4.04. The molecular formula is C13H15N3O3S. The van der Waals surface area contributed by atoms with Gasteiger partial charge < -0.3 is 5.11 Å². The Bertz CT molecular complexity index is 642. The number of rotatable bonds is 6. The first-order valence-corrected chi connectivity index (χ1v) is 7.60. The quantitative estimate of drug-likeness (QED) is 0.835. The fourth-order valence-electron chi connectivity index (χ4n) is 1.67. The van der Waals surface area contributed by atoms with Crippen LogP contribution in [0, 0.1) is 0 Å². The fourth-order valence-corrected chi connectivity index (χ4v) is 2.67. The van der Waals surface area contributed by atoms with Crippen LogP contribution < -0.4 is 4.72 Å². The van der Waals surface area contributed by atoms with Gasteiger partial charge in [-0.3, -0.25) is 4.72 Å². The zero-order valence-electron chi connectivity index (χ0n) is 10.7. The summed E-state index contributed by atoms with van der Waals surface area (Å²) < 4.78 is 26.6. The summed E-state index contributed by atoms with van der Waals surface area (Å²) in [6.07, 6.45) is 2.84. The molecule has 0 fully saturated rings. The maximum absolute atomic E-state index is 12.1. The number of hydrogen-bond donors (Lipinski definition) is 2. The van der Waals surface area contributed by atoms with Crippen LogP contribution in [0.15, 0.2) is 47.5 Å². The third kappa shape index (κ3) is 3.75. The molecule has 1 heterocycles. The molecule has 1 aromatic carbocycles. The summed E-state index contributed by atoms with van der Waals surface area (Å²) in [5.74, 6) is 0.178. The highest BCUT2D eigenvalue weighted by Crippen LogP contribution is 2.15. The van der Waals surface area contributed by atoms with Gasteiger partial charge in [0.15, 0.2) is 5.82 Å². The van der Waals surface area contributed by atoms with Crippen LogP contribution in [0.3, 0.4) is 0 Å². The first-order valence-electron chi connectivity index (χ1n) is 6.12. The summed E-state index contributed by atoms with van der Waals surface area (Å²) in [6, 6.07) is 9.67. The van der Waals surface area contributed by atoms with Gasteiger partial charge in [-0.05, 0) is 42.7 Å². The molecule has 2 aromatic rings. The van der Waals surface area contributed by atoms with Gasteiger partial charge in [-0.2, -0.15) is 5.10 Å². The minimum Gasteiger partial charge on any atom is -0.396 e. The van der Waals surface area contributed by atoms with E-state index in [2.05, 4.69) is 14.9 Å². The minimum absolute atomic E-state index is 0.119. The van der Waals surface area contributed by atoms with Crippen LogP contribution >= 0.6 is 0 Å². The maximum atomic E-state index is 12.1. The Morgan fingerprint density at radius 2 is 1.90 bits per heavy atom. The van der Waals surface area contributed by atoms with E-state index in [9.17, 15) is 8.42 Å². The van der Waals surface area contributed by atoms with Crippen molar-refractivity contribution in [2.45, 2.75) is 17.7 Å². The number of aryl methyl sites for hydroxylation is 1.